The van der Waals surface area contributed by atoms with Gasteiger partial charge < -0.3 is 14.2 Å². The van der Waals surface area contributed by atoms with E-state index in [0.717, 1.165) is 11.8 Å². The molecular formula is C20H19FO5S. The third kappa shape index (κ3) is 4.67. The summed E-state index contributed by atoms with van der Waals surface area (Å²) in [5.74, 6) is -1.14. The van der Waals surface area contributed by atoms with Gasteiger partial charge in [0.05, 0.1) is 16.4 Å². The van der Waals surface area contributed by atoms with Crippen LogP contribution in [0.5, 0.6) is 0 Å². The predicted octanol–water partition coefficient (Wildman–Crippen LogP) is 3.50. The number of rotatable bonds is 6. The molecule has 142 valence electrons. The molecule has 1 heterocycles. The molecule has 1 saturated heterocycles. The van der Waals surface area contributed by atoms with Gasteiger partial charge in [0, 0.05) is 7.11 Å². The fraction of sp³-hybridized carbons (Fsp3) is 0.300. The number of ether oxygens (including phenoxy) is 3. The summed E-state index contributed by atoms with van der Waals surface area (Å²) in [4.78, 5) is 24.4. The van der Waals surface area contributed by atoms with Gasteiger partial charge in [-0.3, -0.25) is 0 Å². The fourth-order valence-electron chi connectivity index (χ4n) is 2.73. The number of halogens is 1. The summed E-state index contributed by atoms with van der Waals surface area (Å²) >= 11 is 1.15. The Kier molecular flexibility index (Phi) is 6.47. The van der Waals surface area contributed by atoms with Crippen molar-refractivity contribution in [3.8, 4) is 0 Å². The van der Waals surface area contributed by atoms with E-state index in [2.05, 4.69) is 0 Å². The quantitative estimate of drug-likeness (QED) is 0.704. The van der Waals surface area contributed by atoms with Crippen LogP contribution in [0.25, 0.3) is 0 Å². The Hall–Kier alpha value is -2.38. The van der Waals surface area contributed by atoms with E-state index in [1.165, 1.54) is 7.11 Å². The van der Waals surface area contributed by atoms with Crippen molar-refractivity contribution in [2.45, 2.75) is 23.0 Å². The van der Waals surface area contributed by atoms with E-state index in [4.69, 9.17) is 14.2 Å². The summed E-state index contributed by atoms with van der Waals surface area (Å²) in [6, 6.07) is 16.9. The molecule has 27 heavy (non-hydrogen) atoms. The summed E-state index contributed by atoms with van der Waals surface area (Å²) in [6.07, 6.45) is -2.59. The summed E-state index contributed by atoms with van der Waals surface area (Å²) in [6.45, 7) is -0.0919. The molecule has 0 amide bonds. The van der Waals surface area contributed by atoms with Crippen LogP contribution >= 0.6 is 11.8 Å². The van der Waals surface area contributed by atoms with Gasteiger partial charge >= 0.3 is 11.9 Å². The molecule has 0 aromatic heterocycles. The molecule has 1 fully saturated rings. The standard InChI is InChI=1S/C20H19FO5S/c1-24-20-16(21)17(26-19(23)14-10-6-3-7-11-14)15(27-20)12-25-18(22)13-8-4-2-5-9-13/h2-11,15-17,20H,12H2,1H3/t15-,16+,17+,20-/m0/s1. The van der Waals surface area contributed by atoms with Crippen LogP contribution in [0, 0.1) is 0 Å². The van der Waals surface area contributed by atoms with E-state index in [1.807, 2.05) is 0 Å². The van der Waals surface area contributed by atoms with Gasteiger partial charge in [-0.05, 0) is 24.3 Å². The number of alkyl halides is 1. The number of thioether (sulfide) groups is 1. The highest BCUT2D eigenvalue weighted by Crippen LogP contribution is 2.39. The molecule has 0 radical (unpaired) electrons. The van der Waals surface area contributed by atoms with Gasteiger partial charge in [-0.2, -0.15) is 0 Å². The predicted molar refractivity (Wildman–Crippen MR) is 99.4 cm³/mol. The maximum atomic E-state index is 14.7. The highest BCUT2D eigenvalue weighted by atomic mass is 32.2. The lowest BCUT2D eigenvalue weighted by Gasteiger charge is -2.20. The first-order valence-corrected chi connectivity index (χ1v) is 9.35. The van der Waals surface area contributed by atoms with Crippen LogP contribution in [0.15, 0.2) is 60.7 Å². The molecule has 5 nitrogen and oxygen atoms in total. The van der Waals surface area contributed by atoms with E-state index < -0.39 is 34.9 Å². The van der Waals surface area contributed by atoms with Gasteiger partial charge in [-0.15, -0.1) is 11.8 Å². The van der Waals surface area contributed by atoms with Crippen molar-refractivity contribution in [2.24, 2.45) is 0 Å². The van der Waals surface area contributed by atoms with Crippen LogP contribution in [-0.2, 0) is 14.2 Å². The zero-order valence-corrected chi connectivity index (χ0v) is 15.4. The molecule has 1 aliphatic heterocycles. The minimum Gasteiger partial charge on any atom is -0.461 e. The molecular weight excluding hydrogens is 371 g/mol. The Labute approximate surface area is 160 Å². The molecule has 2 aromatic carbocycles. The smallest absolute Gasteiger partial charge is 0.338 e. The van der Waals surface area contributed by atoms with Gasteiger partial charge in [0.1, 0.15) is 12.0 Å². The number of methoxy groups -OCH3 is 1. The lowest BCUT2D eigenvalue weighted by Crippen LogP contribution is -2.37. The van der Waals surface area contributed by atoms with E-state index in [9.17, 15) is 14.0 Å². The summed E-state index contributed by atoms with van der Waals surface area (Å²) < 4.78 is 30.5. The van der Waals surface area contributed by atoms with E-state index in [-0.39, 0.29) is 6.61 Å². The normalized spacial score (nSPS) is 24.4. The van der Waals surface area contributed by atoms with Crippen molar-refractivity contribution in [1.29, 1.82) is 0 Å². The topological polar surface area (TPSA) is 61.8 Å². The maximum Gasteiger partial charge on any atom is 0.338 e. The molecule has 2 aromatic rings. The largest absolute Gasteiger partial charge is 0.461 e. The van der Waals surface area contributed by atoms with Crippen molar-refractivity contribution in [3.63, 3.8) is 0 Å². The zero-order chi connectivity index (χ0) is 19.2. The average molecular weight is 390 g/mol. The summed E-state index contributed by atoms with van der Waals surface area (Å²) in [7, 11) is 1.39. The molecule has 0 saturated carbocycles. The van der Waals surface area contributed by atoms with Crippen molar-refractivity contribution in [1.82, 2.24) is 0 Å². The second-order valence-electron chi connectivity index (χ2n) is 5.92. The third-order valence-corrected chi connectivity index (χ3v) is 5.60. The number of esters is 2. The number of hydrogen-bond donors (Lipinski definition) is 0. The van der Waals surface area contributed by atoms with E-state index in [0.29, 0.717) is 11.1 Å². The van der Waals surface area contributed by atoms with Gasteiger partial charge in [0.2, 0.25) is 0 Å². The molecule has 0 unspecified atom stereocenters. The highest BCUT2D eigenvalue weighted by Gasteiger charge is 2.48. The van der Waals surface area contributed by atoms with Crippen molar-refractivity contribution in [3.05, 3.63) is 71.8 Å². The molecule has 0 N–H and O–H groups in total. The molecule has 0 bridgehead atoms. The van der Waals surface area contributed by atoms with Gasteiger partial charge in [0.15, 0.2) is 12.3 Å². The lowest BCUT2D eigenvalue weighted by molar-refractivity contribution is -0.0175. The lowest BCUT2D eigenvalue weighted by atomic mass is 10.1. The highest BCUT2D eigenvalue weighted by molar-refractivity contribution is 8.00. The zero-order valence-electron chi connectivity index (χ0n) is 14.6. The molecule has 3 rings (SSSR count). The Balaban J connectivity index is 1.66. The van der Waals surface area contributed by atoms with Gasteiger partial charge in [-0.1, -0.05) is 36.4 Å². The van der Waals surface area contributed by atoms with Crippen molar-refractivity contribution >= 4 is 23.7 Å². The fourth-order valence-corrected chi connectivity index (χ4v) is 3.99. The third-order valence-electron chi connectivity index (χ3n) is 4.12. The summed E-state index contributed by atoms with van der Waals surface area (Å²) in [5, 5.41) is -0.565. The van der Waals surface area contributed by atoms with E-state index >= 15 is 0 Å². The maximum absolute atomic E-state index is 14.7. The Morgan fingerprint density at radius 2 is 1.52 bits per heavy atom. The Bertz CT molecular complexity index is 770. The first kappa shape index (κ1) is 19.4. The van der Waals surface area contributed by atoms with E-state index in [1.54, 1.807) is 60.7 Å². The average Bonchev–Trinajstić information content (AvgIpc) is 3.02. The van der Waals surface area contributed by atoms with Gasteiger partial charge in [-0.25, -0.2) is 14.0 Å². The summed E-state index contributed by atoms with van der Waals surface area (Å²) in [5.41, 5.74) is -0.0620. The number of carbonyl (C=O) groups excluding carboxylic acids is 2. The minimum atomic E-state index is -1.52. The molecule has 0 spiro atoms. The first-order chi connectivity index (χ1) is 13.1. The Morgan fingerprint density at radius 3 is 2.07 bits per heavy atom. The molecule has 4 atom stereocenters. The SMILES string of the molecule is CO[C@H]1S[C@@H](COC(=O)c2ccccc2)[C@@H](OC(=O)c2ccccc2)[C@H]1F. The van der Waals surface area contributed by atoms with Crippen LogP contribution in [0.4, 0.5) is 4.39 Å². The monoisotopic (exact) mass is 390 g/mol. The number of carbonyl (C=O) groups is 2. The van der Waals surface area contributed by atoms with Gasteiger partial charge in [0.25, 0.3) is 0 Å². The second kappa shape index (κ2) is 9.01. The van der Waals surface area contributed by atoms with Crippen molar-refractivity contribution in [2.75, 3.05) is 13.7 Å². The van der Waals surface area contributed by atoms with Crippen LogP contribution in [0.3, 0.4) is 0 Å². The van der Waals surface area contributed by atoms with Crippen LogP contribution in [-0.4, -0.2) is 48.6 Å². The van der Waals surface area contributed by atoms with Crippen LogP contribution in [0.1, 0.15) is 20.7 Å². The molecule has 7 heteroatoms. The minimum absolute atomic E-state index is 0.0919. The second-order valence-corrected chi connectivity index (χ2v) is 7.27. The number of benzene rings is 2. The molecule has 0 aliphatic carbocycles. The van der Waals surface area contributed by atoms with Crippen LogP contribution in [0.2, 0.25) is 0 Å². The molecule has 1 aliphatic rings. The Morgan fingerprint density at radius 1 is 0.963 bits per heavy atom. The first-order valence-electron chi connectivity index (χ1n) is 8.40. The van der Waals surface area contributed by atoms with Crippen molar-refractivity contribution < 1.29 is 28.2 Å². The number of hydrogen-bond acceptors (Lipinski definition) is 6. The van der Waals surface area contributed by atoms with Crippen LogP contribution < -0.4 is 0 Å².